The summed E-state index contributed by atoms with van der Waals surface area (Å²) in [6.45, 7) is 30.2. The second-order valence-electron chi connectivity index (χ2n) is 32.7. The number of carboxylic acids is 2. The molecule has 0 saturated heterocycles. The number of rotatable bonds is 49. The van der Waals surface area contributed by atoms with Gasteiger partial charge in [0.1, 0.15) is 0 Å². The number of aliphatic carboxylic acids is 2. The number of hydrogen-bond donors (Lipinski definition) is 13. The Morgan fingerprint density at radius 2 is 0.992 bits per heavy atom. The molecule has 4 amide bonds. The minimum Gasteiger partial charge on any atom is -0.493 e. The number of amides is 4. The normalized spacial score (nSPS) is 14.8. The van der Waals surface area contributed by atoms with E-state index in [0.29, 0.717) is 127 Å². The molecule has 4 aromatic carbocycles. The maximum atomic E-state index is 12.9. The van der Waals surface area contributed by atoms with E-state index in [-0.39, 0.29) is 85.1 Å². The molecule has 0 radical (unpaired) electrons. The van der Waals surface area contributed by atoms with E-state index in [1.54, 1.807) is 112 Å². The number of primary amides is 2. The molecule has 1 unspecified atom stereocenters. The Balaban J connectivity index is 0.000000848. The molecule has 9 atom stereocenters. The lowest BCUT2D eigenvalue weighted by Gasteiger charge is -2.31. The first kappa shape index (κ1) is 113. The number of carbonyl (C=O) groups excluding carboxylic acids is 6. The second-order valence-corrected chi connectivity index (χ2v) is 34.5. The van der Waals surface area contributed by atoms with E-state index in [0.717, 1.165) is 36.8 Å². The van der Waals surface area contributed by atoms with Gasteiger partial charge in [-0.3, -0.25) is 23.7 Å². The molecular weight excluding hydrogens is 1640 g/mol. The predicted octanol–water partition coefficient (Wildman–Crippen LogP) is 9.50. The summed E-state index contributed by atoms with van der Waals surface area (Å²) in [6.07, 6.45) is 4.24. The minimum atomic E-state index is -4.00. The summed E-state index contributed by atoms with van der Waals surface area (Å²) in [4.78, 5) is 93.6. The third kappa shape index (κ3) is 41.2. The number of aliphatic hydroxyl groups excluding tert-OH is 2. The Morgan fingerprint density at radius 1 is 0.573 bits per heavy atom. The molecule has 5 rings (SSSR count). The molecule has 698 valence electrons. The number of carboxylic acid groups (broad SMARTS) is 2. The zero-order valence-electron chi connectivity index (χ0n) is 75.7. The van der Waals surface area contributed by atoms with Crippen molar-refractivity contribution in [2.24, 2.45) is 86.8 Å². The molecule has 1 heterocycles. The number of esters is 2. The number of allylic oxidation sites excluding steroid dienone is 1. The SMILES string of the molecule is CCOC(=O)C1=C(COCCN)NC(C)=C(C(=O)OC)C1c1ccccc1Cl.COCCCOc1cc(C[C@@H](C[C@H](N)[C@@H](O)C[C@H](C(=O)NCC(C)(C)C(N)=O)C(C)C)C(C)C)ccc1OC.COCCCOc1cc(C[C@@H](C[C@H](N)[C@@H](O)C[C@H](C(=O)NCC(C)(C)C(N)=O)C(C)C)C(C)C)ccc1OC.O=C(O)/C=C/C(=O)O.O=S(=O)(O)c1ccccc1. The number of dihydropyridines is 1. The van der Waals surface area contributed by atoms with Crippen LogP contribution < -0.4 is 63.6 Å². The van der Waals surface area contributed by atoms with E-state index in [4.69, 9.17) is 97.7 Å². The van der Waals surface area contributed by atoms with Crippen LogP contribution in [-0.2, 0) is 85.0 Å². The zero-order chi connectivity index (χ0) is 94.4. The number of halogens is 1. The molecule has 32 nitrogen and oxygen atoms in total. The maximum Gasteiger partial charge on any atom is 0.336 e. The number of carbonyl (C=O) groups is 8. The Hall–Kier alpha value is -9.26. The van der Waals surface area contributed by atoms with Crippen LogP contribution in [0.4, 0.5) is 0 Å². The van der Waals surface area contributed by atoms with E-state index in [1.165, 1.54) is 19.2 Å². The van der Waals surface area contributed by atoms with Crippen LogP contribution in [0.3, 0.4) is 0 Å². The molecule has 0 spiro atoms. The standard InChI is InChI=1S/2C30H53N3O6.C20H25ClN2O5.C6H6O3S.C4H4O4/c2*1-19(2)22(14-21-10-11-26(38-8)27(15-21)39-13-9-12-37-7)16-24(31)25(34)17-23(20(3)4)28(35)33-18-30(5,6)29(32)36;1-4-28-20(25)18-15(11-27-10-9-22)23-12(2)16(19(24)26-3)17(18)13-7-5-6-8-14(13)21;7-10(8,9)6-4-2-1-3-5-6;5-3(6)1-2-4(7)8/h2*10-11,15,19-20,22-25,34H,9,12-14,16-18,31H2,1-8H3,(H2,32,36)(H,33,35);5-8,17,23H,4,9-11,22H2,1-3H3;1-5H,(H,7,8,9);1-2H,(H,5,6)(H,7,8)/b;;;;2-1+/t2*22-,23-,24-,25-;;;/m00.../s1. The summed E-state index contributed by atoms with van der Waals surface area (Å²) in [7, 11) is 3.87. The fraction of sp³-hybridized carbons (Fsp3) is 0.578. The molecular formula is C90H141ClN8O24S. The average Bonchev–Trinajstić information content (AvgIpc) is 0.756. The summed E-state index contributed by atoms with van der Waals surface area (Å²) < 4.78 is 78.0. The number of benzene rings is 4. The van der Waals surface area contributed by atoms with E-state index in [9.17, 15) is 57.0 Å². The van der Waals surface area contributed by atoms with Gasteiger partial charge in [-0.1, -0.05) is 116 Å². The quantitative estimate of drug-likeness (QED) is 0.00846. The van der Waals surface area contributed by atoms with Crippen LogP contribution >= 0.6 is 11.6 Å². The number of nitrogens with two attached hydrogens (primary N) is 5. The topological polar surface area (TPSA) is 521 Å². The van der Waals surface area contributed by atoms with Crippen molar-refractivity contribution >= 4 is 69.2 Å². The lowest BCUT2D eigenvalue weighted by atomic mass is 9.80. The maximum absolute atomic E-state index is 12.9. The predicted molar refractivity (Wildman–Crippen MR) is 475 cm³/mol. The Morgan fingerprint density at radius 3 is 1.33 bits per heavy atom. The Labute approximate surface area is 737 Å². The highest BCUT2D eigenvalue weighted by Gasteiger charge is 2.41. The number of aliphatic hydroxyl groups is 2. The van der Waals surface area contributed by atoms with Gasteiger partial charge >= 0.3 is 23.9 Å². The summed E-state index contributed by atoms with van der Waals surface area (Å²) in [6, 6.07) is 25.4. The van der Waals surface area contributed by atoms with Crippen molar-refractivity contribution in [1.82, 2.24) is 16.0 Å². The number of ether oxygens (including phenoxy) is 9. The molecule has 0 saturated carbocycles. The van der Waals surface area contributed by atoms with Gasteiger partial charge in [-0.25, -0.2) is 19.2 Å². The monoisotopic (exact) mass is 1780 g/mol. The third-order valence-electron chi connectivity index (χ3n) is 20.7. The smallest absolute Gasteiger partial charge is 0.336 e. The van der Waals surface area contributed by atoms with Crippen molar-refractivity contribution in [2.45, 2.75) is 183 Å². The molecule has 124 heavy (non-hydrogen) atoms. The van der Waals surface area contributed by atoms with Crippen molar-refractivity contribution in [1.29, 1.82) is 0 Å². The molecule has 4 aromatic rings. The van der Waals surface area contributed by atoms with Crippen LogP contribution in [0, 0.1) is 58.2 Å². The highest BCUT2D eigenvalue weighted by Crippen LogP contribution is 2.43. The second kappa shape index (κ2) is 58.1. The molecule has 0 aromatic heterocycles. The van der Waals surface area contributed by atoms with Crippen molar-refractivity contribution in [3.63, 3.8) is 0 Å². The Kier molecular flexibility index (Phi) is 52.8. The number of methoxy groups -OCH3 is 5. The van der Waals surface area contributed by atoms with Crippen LogP contribution in [-0.4, -0.2) is 207 Å². The van der Waals surface area contributed by atoms with Crippen molar-refractivity contribution in [3.05, 3.63) is 147 Å². The minimum absolute atomic E-state index is 0.00829. The van der Waals surface area contributed by atoms with Gasteiger partial charge in [0.15, 0.2) is 23.0 Å². The zero-order valence-corrected chi connectivity index (χ0v) is 77.3. The van der Waals surface area contributed by atoms with Gasteiger partial charge in [-0.05, 0) is 175 Å². The fourth-order valence-electron chi connectivity index (χ4n) is 12.6. The average molecular weight is 1790 g/mol. The van der Waals surface area contributed by atoms with Gasteiger partial charge in [-0.2, -0.15) is 8.42 Å². The van der Waals surface area contributed by atoms with Crippen LogP contribution in [0.5, 0.6) is 23.0 Å². The molecule has 0 bridgehead atoms. The third-order valence-corrected chi connectivity index (χ3v) is 21.9. The van der Waals surface area contributed by atoms with Gasteiger partial charge in [-0.15, -0.1) is 0 Å². The summed E-state index contributed by atoms with van der Waals surface area (Å²) in [5, 5.41) is 46.9. The highest BCUT2D eigenvalue weighted by atomic mass is 35.5. The molecule has 1 aliphatic heterocycles. The first-order valence-corrected chi connectivity index (χ1v) is 43.2. The molecule has 18 N–H and O–H groups in total. The van der Waals surface area contributed by atoms with E-state index >= 15 is 0 Å². The van der Waals surface area contributed by atoms with E-state index < -0.39 is 98.7 Å². The summed E-state index contributed by atoms with van der Waals surface area (Å²) in [5.74, 6) is -2.79. The van der Waals surface area contributed by atoms with E-state index in [2.05, 4.69) is 43.6 Å². The number of nitrogens with one attached hydrogen (secondary N) is 3. The van der Waals surface area contributed by atoms with Gasteiger partial charge < -0.3 is 108 Å². The highest BCUT2D eigenvalue weighted by molar-refractivity contribution is 7.85. The largest absolute Gasteiger partial charge is 0.493 e. The molecule has 1 aliphatic rings. The molecule has 34 heteroatoms. The van der Waals surface area contributed by atoms with Crippen LogP contribution in [0.1, 0.15) is 158 Å². The number of hydrogen-bond acceptors (Lipinski definition) is 25. The van der Waals surface area contributed by atoms with Crippen molar-refractivity contribution in [2.75, 3.05) is 101 Å². The first-order valence-electron chi connectivity index (χ1n) is 41.4. The fourth-order valence-corrected chi connectivity index (χ4v) is 13.4. The van der Waals surface area contributed by atoms with Crippen LogP contribution in [0.25, 0.3) is 0 Å². The van der Waals surface area contributed by atoms with Crippen molar-refractivity contribution < 1.29 is 114 Å². The van der Waals surface area contributed by atoms with Gasteiger partial charge in [0, 0.05) is 107 Å². The Bertz CT molecular complexity index is 4000. The lowest BCUT2D eigenvalue weighted by molar-refractivity contribution is -0.139. The van der Waals surface area contributed by atoms with Crippen LogP contribution in [0.2, 0.25) is 5.02 Å². The summed E-state index contributed by atoms with van der Waals surface area (Å²) >= 11 is 6.42. The molecule has 0 fully saturated rings. The summed E-state index contributed by atoms with van der Waals surface area (Å²) in [5.41, 5.74) is 32.1. The van der Waals surface area contributed by atoms with Crippen molar-refractivity contribution in [3.8, 4) is 23.0 Å². The molecule has 0 aliphatic carbocycles. The first-order chi connectivity index (χ1) is 58.1. The van der Waals surface area contributed by atoms with Gasteiger partial charge in [0.2, 0.25) is 23.6 Å². The van der Waals surface area contributed by atoms with Gasteiger partial charge in [0.05, 0.1) is 105 Å². The lowest BCUT2D eigenvalue weighted by Crippen LogP contribution is -2.46. The van der Waals surface area contributed by atoms with Crippen LogP contribution in [0.15, 0.2) is 131 Å². The van der Waals surface area contributed by atoms with Gasteiger partial charge in [0.25, 0.3) is 10.1 Å². The van der Waals surface area contributed by atoms with E-state index in [1.807, 2.05) is 64.1 Å².